The first-order chi connectivity index (χ1) is 12.5. The van der Waals surface area contributed by atoms with Gasteiger partial charge < -0.3 is 19.9 Å². The van der Waals surface area contributed by atoms with Crippen LogP contribution in [0.3, 0.4) is 0 Å². The topological polar surface area (TPSA) is 99.8 Å². The molecule has 0 spiro atoms. The summed E-state index contributed by atoms with van der Waals surface area (Å²) in [5.74, 6) is -0.477. The lowest BCUT2D eigenvalue weighted by atomic mass is 10.1. The average molecular weight is 388 g/mol. The Morgan fingerprint density at radius 2 is 1.33 bits per heavy atom. The number of carbonyl (C=O) groups is 2. The molecule has 0 radical (unpaired) electrons. The Kier molecular flexibility index (Phi) is 6.76. The van der Waals surface area contributed by atoms with Crippen LogP contribution < -0.4 is 5.32 Å². The van der Waals surface area contributed by atoms with Crippen molar-refractivity contribution in [2.45, 2.75) is 13.1 Å². The van der Waals surface area contributed by atoms with Gasteiger partial charge in [-0.2, -0.15) is 0 Å². The molecule has 0 atom stereocenters. The van der Waals surface area contributed by atoms with E-state index in [1.165, 1.54) is 0 Å². The monoisotopic (exact) mass is 387 g/mol. The number of carboxylic acid groups (broad SMARTS) is 2. The molecule has 0 unspecified atom stereocenters. The van der Waals surface area contributed by atoms with Gasteiger partial charge in [0.05, 0.1) is 17.7 Å². The molecular formula is C20H18ClNO5. The number of benzene rings is 2. The fraction of sp³-hybridized carbons (Fsp3) is 0.100. The average Bonchev–Trinajstić information content (AvgIpc) is 3.11. The van der Waals surface area contributed by atoms with Crippen LogP contribution >= 0.6 is 12.4 Å². The van der Waals surface area contributed by atoms with Crippen molar-refractivity contribution in [3.63, 3.8) is 0 Å². The molecule has 0 aliphatic rings. The van der Waals surface area contributed by atoms with Gasteiger partial charge in [-0.25, -0.2) is 9.59 Å². The maximum absolute atomic E-state index is 10.9. The lowest BCUT2D eigenvalue weighted by Crippen LogP contribution is -2.12. The summed E-state index contributed by atoms with van der Waals surface area (Å²) in [6.07, 6.45) is 0. The molecule has 3 aromatic rings. The lowest BCUT2D eigenvalue weighted by molar-refractivity contribution is 0.0686. The molecule has 27 heavy (non-hydrogen) atoms. The number of nitrogens with one attached hydrogen (secondary N) is 1. The molecule has 0 aliphatic heterocycles. The van der Waals surface area contributed by atoms with Gasteiger partial charge in [0.2, 0.25) is 0 Å². The Balaban J connectivity index is 0.00000261. The number of hydrogen-bond acceptors (Lipinski definition) is 4. The maximum Gasteiger partial charge on any atom is 0.335 e. The summed E-state index contributed by atoms with van der Waals surface area (Å²) in [4.78, 5) is 21.7. The van der Waals surface area contributed by atoms with Gasteiger partial charge in [-0.15, -0.1) is 12.4 Å². The summed E-state index contributed by atoms with van der Waals surface area (Å²) >= 11 is 0. The highest BCUT2D eigenvalue weighted by atomic mass is 35.5. The molecule has 0 amide bonds. The van der Waals surface area contributed by atoms with E-state index in [1.807, 2.05) is 12.1 Å². The van der Waals surface area contributed by atoms with E-state index in [2.05, 4.69) is 5.32 Å². The van der Waals surface area contributed by atoms with Crippen LogP contribution in [-0.4, -0.2) is 22.2 Å². The van der Waals surface area contributed by atoms with Crippen molar-refractivity contribution in [3.05, 3.63) is 83.1 Å². The quantitative estimate of drug-likeness (QED) is 0.565. The molecule has 7 heteroatoms. The molecule has 1 heterocycles. The van der Waals surface area contributed by atoms with Gasteiger partial charge >= 0.3 is 11.9 Å². The van der Waals surface area contributed by atoms with Gasteiger partial charge in [0.15, 0.2) is 0 Å². The molecule has 140 valence electrons. The van der Waals surface area contributed by atoms with Crippen molar-refractivity contribution in [2.75, 3.05) is 0 Å². The Morgan fingerprint density at radius 3 is 1.89 bits per heavy atom. The molecule has 1 aromatic heterocycles. The Bertz CT molecular complexity index is 916. The van der Waals surface area contributed by atoms with Crippen molar-refractivity contribution < 1.29 is 24.2 Å². The number of carboxylic acids is 2. The molecule has 0 saturated heterocycles. The normalized spacial score (nSPS) is 10.2. The van der Waals surface area contributed by atoms with Crippen LogP contribution in [0.2, 0.25) is 0 Å². The second-order valence-electron chi connectivity index (χ2n) is 5.75. The first kappa shape index (κ1) is 20.2. The Labute approximate surface area is 161 Å². The zero-order chi connectivity index (χ0) is 18.5. The highest BCUT2D eigenvalue weighted by Gasteiger charge is 2.07. The molecular weight excluding hydrogens is 370 g/mol. The zero-order valence-electron chi connectivity index (χ0n) is 14.2. The molecule has 3 N–H and O–H groups in total. The van der Waals surface area contributed by atoms with Crippen LogP contribution in [0.1, 0.15) is 32.0 Å². The van der Waals surface area contributed by atoms with Gasteiger partial charge in [-0.05, 0) is 42.0 Å². The summed E-state index contributed by atoms with van der Waals surface area (Å²) in [6, 6.07) is 16.9. The summed E-state index contributed by atoms with van der Waals surface area (Å²) in [5.41, 5.74) is 2.28. The van der Waals surface area contributed by atoms with Crippen LogP contribution in [0.25, 0.3) is 11.3 Å². The first-order valence-corrected chi connectivity index (χ1v) is 7.98. The van der Waals surface area contributed by atoms with Crippen LogP contribution in [0.4, 0.5) is 0 Å². The van der Waals surface area contributed by atoms with Crippen molar-refractivity contribution in [2.24, 2.45) is 0 Å². The SMILES string of the molecule is Cl.O=C(O)c1ccc(CNCc2ccc(-c3ccc(C(=O)O)cc3)o2)cc1. The third-order valence-electron chi connectivity index (χ3n) is 3.91. The van der Waals surface area contributed by atoms with E-state index < -0.39 is 11.9 Å². The summed E-state index contributed by atoms with van der Waals surface area (Å²) in [7, 11) is 0. The van der Waals surface area contributed by atoms with Crippen molar-refractivity contribution in [3.8, 4) is 11.3 Å². The van der Waals surface area contributed by atoms with Crippen LogP contribution in [0.15, 0.2) is 65.1 Å². The van der Waals surface area contributed by atoms with E-state index in [0.717, 1.165) is 16.9 Å². The smallest absolute Gasteiger partial charge is 0.335 e. The maximum atomic E-state index is 10.9. The van der Waals surface area contributed by atoms with Crippen molar-refractivity contribution in [1.29, 1.82) is 0 Å². The first-order valence-electron chi connectivity index (χ1n) is 7.98. The summed E-state index contributed by atoms with van der Waals surface area (Å²) in [5, 5.41) is 21.0. The second kappa shape index (κ2) is 9.02. The van der Waals surface area contributed by atoms with Crippen LogP contribution in [0, 0.1) is 0 Å². The molecule has 0 saturated carbocycles. The van der Waals surface area contributed by atoms with Gasteiger partial charge in [0.1, 0.15) is 11.5 Å². The third kappa shape index (κ3) is 5.20. The predicted octanol–water partition coefficient (Wildman–Crippen LogP) is 4.05. The number of hydrogen-bond donors (Lipinski definition) is 3. The highest BCUT2D eigenvalue weighted by molar-refractivity contribution is 5.88. The second-order valence-corrected chi connectivity index (χ2v) is 5.75. The van der Waals surface area contributed by atoms with E-state index in [0.29, 0.717) is 18.8 Å². The number of halogens is 1. The standard InChI is InChI=1S/C20H17NO5.ClH/c22-19(23)15-3-1-13(2-4-15)11-21-12-17-9-10-18(26-17)14-5-7-16(8-6-14)20(24)25;/h1-10,21H,11-12H2,(H,22,23)(H,24,25);1H. The molecule has 3 rings (SSSR count). The van der Waals surface area contributed by atoms with Gasteiger partial charge in [0.25, 0.3) is 0 Å². The largest absolute Gasteiger partial charge is 0.478 e. The van der Waals surface area contributed by atoms with Gasteiger partial charge in [-0.1, -0.05) is 24.3 Å². The third-order valence-corrected chi connectivity index (χ3v) is 3.91. The highest BCUT2D eigenvalue weighted by Crippen LogP contribution is 2.22. The van der Waals surface area contributed by atoms with Crippen LogP contribution in [-0.2, 0) is 13.1 Å². The number of rotatable bonds is 7. The van der Waals surface area contributed by atoms with E-state index in [1.54, 1.807) is 48.5 Å². The fourth-order valence-electron chi connectivity index (χ4n) is 2.50. The van der Waals surface area contributed by atoms with E-state index >= 15 is 0 Å². The Morgan fingerprint density at radius 1 is 0.778 bits per heavy atom. The molecule has 2 aromatic carbocycles. The van der Waals surface area contributed by atoms with E-state index in [4.69, 9.17) is 14.6 Å². The van der Waals surface area contributed by atoms with Gasteiger partial charge in [-0.3, -0.25) is 0 Å². The molecule has 0 fully saturated rings. The van der Waals surface area contributed by atoms with E-state index in [9.17, 15) is 9.59 Å². The van der Waals surface area contributed by atoms with E-state index in [-0.39, 0.29) is 23.5 Å². The summed E-state index contributed by atoms with van der Waals surface area (Å²) in [6.45, 7) is 1.11. The molecule has 0 bridgehead atoms. The number of aromatic carboxylic acids is 2. The minimum atomic E-state index is -0.961. The minimum Gasteiger partial charge on any atom is -0.478 e. The van der Waals surface area contributed by atoms with Crippen molar-refractivity contribution in [1.82, 2.24) is 5.32 Å². The molecule has 0 aliphatic carbocycles. The Hall–Kier alpha value is -3.09. The number of furan rings is 1. The fourth-order valence-corrected chi connectivity index (χ4v) is 2.50. The summed E-state index contributed by atoms with van der Waals surface area (Å²) < 4.78 is 5.77. The molecule has 6 nitrogen and oxygen atoms in total. The lowest BCUT2D eigenvalue weighted by Gasteiger charge is -2.04. The van der Waals surface area contributed by atoms with Crippen LogP contribution in [0.5, 0.6) is 0 Å². The minimum absolute atomic E-state index is 0. The zero-order valence-corrected chi connectivity index (χ0v) is 15.0. The van der Waals surface area contributed by atoms with Gasteiger partial charge in [0, 0.05) is 12.1 Å². The van der Waals surface area contributed by atoms with Crippen molar-refractivity contribution >= 4 is 24.3 Å². The predicted molar refractivity (Wildman–Crippen MR) is 102 cm³/mol.